The van der Waals surface area contributed by atoms with Crippen molar-refractivity contribution >= 4 is 22.6 Å². The quantitative estimate of drug-likeness (QED) is 0.746. The van der Waals surface area contributed by atoms with Crippen LogP contribution in [0.2, 0.25) is 0 Å². The number of aromatic nitrogens is 2. The number of aldehydes is 1. The van der Waals surface area contributed by atoms with Crippen LogP contribution in [-0.4, -0.2) is 20.8 Å². The van der Waals surface area contributed by atoms with Gasteiger partial charge in [-0.1, -0.05) is 12.1 Å². The monoisotopic (exact) mass is 272 g/mol. The minimum absolute atomic E-state index is 0.268. The van der Waals surface area contributed by atoms with Gasteiger partial charge in [0.1, 0.15) is 11.4 Å². The second-order valence-corrected chi connectivity index (χ2v) is 5.43. The summed E-state index contributed by atoms with van der Waals surface area (Å²) in [5.41, 5.74) is 2.76. The third-order valence-electron chi connectivity index (χ3n) is 3.13. The molecular weight excluding hydrogens is 260 g/mol. The van der Waals surface area contributed by atoms with Crippen molar-refractivity contribution in [3.8, 4) is 5.75 Å². The molecule has 0 radical (unpaired) electrons. The predicted octanol–water partition coefficient (Wildman–Crippen LogP) is 2.81. The van der Waals surface area contributed by atoms with E-state index in [2.05, 4.69) is 4.98 Å². The van der Waals surface area contributed by atoms with E-state index in [4.69, 9.17) is 0 Å². The molecule has 0 fully saturated rings. The Labute approximate surface area is 114 Å². The van der Waals surface area contributed by atoms with Crippen LogP contribution in [0.25, 0.3) is 4.96 Å². The van der Waals surface area contributed by atoms with Crippen LogP contribution in [0.3, 0.4) is 0 Å². The Morgan fingerprint density at radius 1 is 1.37 bits per heavy atom. The van der Waals surface area contributed by atoms with E-state index in [0.717, 1.165) is 28.9 Å². The van der Waals surface area contributed by atoms with Gasteiger partial charge in [0.2, 0.25) is 0 Å². The summed E-state index contributed by atoms with van der Waals surface area (Å²) >= 11 is 1.59. The van der Waals surface area contributed by atoms with Crippen molar-refractivity contribution < 1.29 is 9.90 Å². The van der Waals surface area contributed by atoms with E-state index in [1.54, 1.807) is 29.7 Å². The smallest absolute Gasteiger partial charge is 0.194 e. The topological polar surface area (TPSA) is 54.6 Å². The second kappa shape index (κ2) is 4.51. The van der Waals surface area contributed by atoms with Crippen LogP contribution in [0.15, 0.2) is 30.5 Å². The van der Waals surface area contributed by atoms with Gasteiger partial charge in [-0.15, -0.1) is 11.3 Å². The number of phenols is 1. The third-order valence-corrected chi connectivity index (χ3v) is 4.29. The molecule has 19 heavy (non-hydrogen) atoms. The Hall–Kier alpha value is -2.14. The number of benzene rings is 1. The van der Waals surface area contributed by atoms with Gasteiger partial charge >= 0.3 is 0 Å². The number of thiazole rings is 1. The van der Waals surface area contributed by atoms with Gasteiger partial charge in [0.15, 0.2) is 11.2 Å². The van der Waals surface area contributed by atoms with Gasteiger partial charge in [0, 0.05) is 17.0 Å². The molecule has 2 aromatic heterocycles. The Morgan fingerprint density at radius 2 is 2.11 bits per heavy atom. The largest absolute Gasteiger partial charge is 0.508 e. The summed E-state index contributed by atoms with van der Waals surface area (Å²) in [6, 6.07) is 7.16. The van der Waals surface area contributed by atoms with Crippen LogP contribution in [0.4, 0.5) is 0 Å². The molecule has 0 aliphatic carbocycles. The number of aryl methyl sites for hydroxylation is 1. The maximum Gasteiger partial charge on any atom is 0.194 e. The lowest BCUT2D eigenvalue weighted by atomic mass is 10.1. The average Bonchev–Trinajstić information content (AvgIpc) is 2.94. The second-order valence-electron chi connectivity index (χ2n) is 4.37. The summed E-state index contributed by atoms with van der Waals surface area (Å²) in [6.07, 6.45) is 3.19. The van der Waals surface area contributed by atoms with Gasteiger partial charge in [-0.2, -0.15) is 0 Å². The molecule has 0 spiro atoms. The molecule has 0 saturated carbocycles. The molecular formula is C14H12N2O2S. The van der Waals surface area contributed by atoms with Gasteiger partial charge in [-0.25, -0.2) is 4.98 Å². The first kappa shape index (κ1) is 11.9. The van der Waals surface area contributed by atoms with Crippen molar-refractivity contribution in [1.29, 1.82) is 0 Å². The maximum atomic E-state index is 11.0. The molecule has 4 nitrogen and oxygen atoms in total. The summed E-state index contributed by atoms with van der Waals surface area (Å²) in [4.78, 5) is 17.2. The van der Waals surface area contributed by atoms with Gasteiger partial charge in [0.25, 0.3) is 0 Å². The number of fused-ring (bicyclic) bond motifs is 1. The Morgan fingerprint density at radius 3 is 2.79 bits per heavy atom. The molecule has 2 heterocycles. The normalized spacial score (nSPS) is 11.0. The van der Waals surface area contributed by atoms with Crippen LogP contribution in [0.1, 0.15) is 26.6 Å². The lowest BCUT2D eigenvalue weighted by Gasteiger charge is -2.01. The van der Waals surface area contributed by atoms with Crippen molar-refractivity contribution in [3.63, 3.8) is 0 Å². The van der Waals surface area contributed by atoms with E-state index in [1.165, 1.54) is 4.88 Å². The van der Waals surface area contributed by atoms with E-state index < -0.39 is 0 Å². The van der Waals surface area contributed by atoms with Crippen molar-refractivity contribution in [1.82, 2.24) is 9.38 Å². The Kier molecular flexibility index (Phi) is 2.83. The highest BCUT2D eigenvalue weighted by atomic mass is 32.1. The van der Waals surface area contributed by atoms with Crippen molar-refractivity contribution in [2.75, 3.05) is 0 Å². The molecule has 0 aliphatic rings. The zero-order valence-corrected chi connectivity index (χ0v) is 11.1. The number of carbonyl (C=O) groups excluding carboxylic acids is 1. The zero-order chi connectivity index (χ0) is 13.4. The number of hydrogen-bond donors (Lipinski definition) is 1. The summed E-state index contributed by atoms with van der Waals surface area (Å²) in [7, 11) is 0. The molecule has 3 aromatic rings. The van der Waals surface area contributed by atoms with E-state index in [0.29, 0.717) is 5.69 Å². The number of aromatic hydroxyl groups is 1. The minimum Gasteiger partial charge on any atom is -0.508 e. The van der Waals surface area contributed by atoms with Gasteiger partial charge in [0.05, 0.1) is 6.20 Å². The fraction of sp³-hybridized carbons (Fsp3) is 0.143. The number of imidazole rings is 1. The van der Waals surface area contributed by atoms with Crippen LogP contribution < -0.4 is 0 Å². The molecule has 0 unspecified atom stereocenters. The molecule has 0 saturated heterocycles. The van der Waals surface area contributed by atoms with Crippen LogP contribution >= 0.6 is 11.3 Å². The van der Waals surface area contributed by atoms with Crippen LogP contribution in [0, 0.1) is 6.92 Å². The molecule has 5 heteroatoms. The highest BCUT2D eigenvalue weighted by molar-refractivity contribution is 7.17. The average molecular weight is 272 g/mol. The first-order valence-electron chi connectivity index (χ1n) is 5.88. The van der Waals surface area contributed by atoms with Crippen molar-refractivity contribution in [3.05, 3.63) is 52.3 Å². The Balaban J connectivity index is 2.01. The first-order chi connectivity index (χ1) is 9.19. The standard InChI is InChI=1S/C14H12N2O2S/c1-9-13(6-10-2-4-12(18)5-3-10)19-14-15-7-11(8-17)16(9)14/h2-5,7-8,18H,6H2,1H3. The van der Waals surface area contributed by atoms with E-state index in [1.807, 2.05) is 23.5 Å². The van der Waals surface area contributed by atoms with E-state index in [-0.39, 0.29) is 5.75 Å². The summed E-state index contributed by atoms with van der Waals surface area (Å²) < 4.78 is 1.88. The molecule has 1 N–H and O–H groups in total. The van der Waals surface area contributed by atoms with Gasteiger partial charge in [-0.3, -0.25) is 9.20 Å². The predicted molar refractivity (Wildman–Crippen MR) is 74.1 cm³/mol. The molecule has 3 rings (SSSR count). The Bertz CT molecular complexity index is 741. The lowest BCUT2D eigenvalue weighted by molar-refractivity contribution is 0.111. The first-order valence-corrected chi connectivity index (χ1v) is 6.69. The van der Waals surface area contributed by atoms with Crippen molar-refractivity contribution in [2.24, 2.45) is 0 Å². The number of nitrogens with zero attached hydrogens (tertiary/aromatic N) is 2. The van der Waals surface area contributed by atoms with Gasteiger partial charge in [-0.05, 0) is 24.6 Å². The minimum atomic E-state index is 0.268. The fourth-order valence-corrected chi connectivity index (χ4v) is 3.25. The van der Waals surface area contributed by atoms with Crippen molar-refractivity contribution in [2.45, 2.75) is 13.3 Å². The van der Waals surface area contributed by atoms with Crippen LogP contribution in [0.5, 0.6) is 5.75 Å². The number of carbonyl (C=O) groups is 1. The molecule has 0 atom stereocenters. The molecule has 0 amide bonds. The molecule has 96 valence electrons. The van der Waals surface area contributed by atoms with E-state index >= 15 is 0 Å². The molecule has 1 aromatic carbocycles. The highest BCUT2D eigenvalue weighted by Crippen LogP contribution is 2.26. The van der Waals surface area contributed by atoms with Gasteiger partial charge < -0.3 is 5.11 Å². The lowest BCUT2D eigenvalue weighted by Crippen LogP contribution is -1.94. The summed E-state index contributed by atoms with van der Waals surface area (Å²) in [6.45, 7) is 1.99. The highest BCUT2D eigenvalue weighted by Gasteiger charge is 2.13. The van der Waals surface area contributed by atoms with Crippen LogP contribution in [-0.2, 0) is 6.42 Å². The zero-order valence-electron chi connectivity index (χ0n) is 10.3. The third kappa shape index (κ3) is 2.02. The summed E-state index contributed by atoms with van der Waals surface area (Å²) in [5.74, 6) is 0.268. The summed E-state index contributed by atoms with van der Waals surface area (Å²) in [5, 5.41) is 9.28. The molecule has 0 aliphatic heterocycles. The maximum absolute atomic E-state index is 11.0. The fourth-order valence-electron chi connectivity index (χ4n) is 2.11. The number of rotatable bonds is 3. The molecule has 0 bridgehead atoms. The SMILES string of the molecule is Cc1c(Cc2ccc(O)cc2)sc2ncc(C=O)n12. The van der Waals surface area contributed by atoms with E-state index in [9.17, 15) is 9.90 Å². The number of phenolic OH excluding ortho intramolecular Hbond substituents is 1. The number of hydrogen-bond acceptors (Lipinski definition) is 4.